The molecule has 0 aliphatic heterocycles. The molecule has 0 saturated heterocycles. The zero-order valence-electron chi connectivity index (χ0n) is 8.59. The minimum atomic E-state index is -0.747. The molecular formula is C10H14O4. The van der Waals surface area contributed by atoms with Crippen molar-refractivity contribution >= 4 is 11.8 Å². The highest BCUT2D eigenvalue weighted by Gasteiger charge is 2.36. The predicted octanol–water partition coefficient (Wildman–Crippen LogP) is 1.36. The van der Waals surface area contributed by atoms with E-state index in [1.165, 1.54) is 7.11 Å². The summed E-state index contributed by atoms with van der Waals surface area (Å²) in [5.41, 5.74) is -0.467. The van der Waals surface area contributed by atoms with Crippen LogP contribution < -0.4 is 0 Å². The Morgan fingerprint density at radius 3 is 2.43 bits per heavy atom. The van der Waals surface area contributed by atoms with Gasteiger partial charge in [0.25, 0.3) is 0 Å². The number of ketones is 1. The number of aliphatic hydroxyl groups is 1. The summed E-state index contributed by atoms with van der Waals surface area (Å²) in [5, 5.41) is 9.53. The molecule has 0 unspecified atom stereocenters. The van der Waals surface area contributed by atoms with Crippen molar-refractivity contribution < 1.29 is 19.4 Å². The van der Waals surface area contributed by atoms with Crippen LogP contribution in [0, 0.1) is 5.41 Å². The molecule has 0 aromatic rings. The fourth-order valence-corrected chi connectivity index (χ4v) is 1.62. The largest absolute Gasteiger partial charge is 0.511 e. The van der Waals surface area contributed by atoms with Crippen molar-refractivity contribution in [1.82, 2.24) is 0 Å². The number of hydrogen-bond acceptors (Lipinski definition) is 4. The van der Waals surface area contributed by atoms with Crippen molar-refractivity contribution in [3.05, 3.63) is 11.3 Å². The molecule has 1 N–H and O–H groups in total. The second-order valence-electron chi connectivity index (χ2n) is 4.25. The summed E-state index contributed by atoms with van der Waals surface area (Å²) in [4.78, 5) is 22.6. The van der Waals surface area contributed by atoms with E-state index in [1.807, 2.05) is 13.8 Å². The molecule has 14 heavy (non-hydrogen) atoms. The molecule has 0 aromatic carbocycles. The van der Waals surface area contributed by atoms with Gasteiger partial charge in [-0.3, -0.25) is 4.79 Å². The van der Waals surface area contributed by atoms with Crippen LogP contribution in [0.4, 0.5) is 0 Å². The number of methoxy groups -OCH3 is 1. The third-order valence-electron chi connectivity index (χ3n) is 2.24. The third kappa shape index (κ3) is 1.95. The minimum Gasteiger partial charge on any atom is -0.511 e. The second kappa shape index (κ2) is 3.44. The molecule has 78 valence electrons. The number of ether oxygens (including phenoxy) is 1. The Hall–Kier alpha value is -1.32. The molecule has 0 heterocycles. The average molecular weight is 198 g/mol. The van der Waals surface area contributed by atoms with E-state index in [1.54, 1.807) is 0 Å². The molecule has 0 bridgehead atoms. The summed E-state index contributed by atoms with van der Waals surface area (Å²) in [6.07, 6.45) is 0.602. The fraction of sp³-hybridized carbons (Fsp3) is 0.600. The molecule has 0 fully saturated rings. The van der Waals surface area contributed by atoms with Crippen LogP contribution in [0.25, 0.3) is 0 Å². The van der Waals surface area contributed by atoms with Gasteiger partial charge in [0.2, 0.25) is 0 Å². The van der Waals surface area contributed by atoms with Gasteiger partial charge in [-0.05, 0) is 5.41 Å². The van der Waals surface area contributed by atoms with Gasteiger partial charge in [0.05, 0.1) is 7.11 Å². The van der Waals surface area contributed by atoms with E-state index in [2.05, 4.69) is 4.74 Å². The summed E-state index contributed by atoms with van der Waals surface area (Å²) in [6.45, 7) is 3.74. The SMILES string of the molecule is COC(=O)C1=C(O)CC(C)(C)CC1=O. The van der Waals surface area contributed by atoms with Gasteiger partial charge in [-0.25, -0.2) is 4.79 Å². The van der Waals surface area contributed by atoms with E-state index >= 15 is 0 Å². The lowest BCUT2D eigenvalue weighted by Gasteiger charge is -2.28. The van der Waals surface area contributed by atoms with E-state index in [4.69, 9.17) is 0 Å². The number of carbonyl (C=O) groups is 2. The smallest absolute Gasteiger partial charge is 0.344 e. The first-order valence-corrected chi connectivity index (χ1v) is 4.41. The molecule has 0 spiro atoms. The number of aliphatic hydroxyl groups excluding tert-OH is 1. The molecule has 4 heteroatoms. The molecule has 1 aliphatic carbocycles. The molecule has 0 atom stereocenters. The monoisotopic (exact) mass is 198 g/mol. The third-order valence-corrected chi connectivity index (χ3v) is 2.24. The van der Waals surface area contributed by atoms with Crippen molar-refractivity contribution in [3.8, 4) is 0 Å². The van der Waals surface area contributed by atoms with Crippen LogP contribution in [0.2, 0.25) is 0 Å². The molecule has 0 aromatic heterocycles. The Balaban J connectivity index is 3.05. The lowest BCUT2D eigenvalue weighted by molar-refractivity contribution is -0.138. The fourth-order valence-electron chi connectivity index (χ4n) is 1.62. The van der Waals surface area contributed by atoms with Crippen molar-refractivity contribution in [1.29, 1.82) is 0 Å². The van der Waals surface area contributed by atoms with E-state index < -0.39 is 5.97 Å². The van der Waals surface area contributed by atoms with Crippen LogP contribution >= 0.6 is 0 Å². The predicted molar refractivity (Wildman–Crippen MR) is 49.7 cm³/mol. The van der Waals surface area contributed by atoms with Crippen LogP contribution in [-0.4, -0.2) is 24.0 Å². The molecule has 0 amide bonds. The average Bonchev–Trinajstić information content (AvgIpc) is 1.99. The maximum absolute atomic E-state index is 11.5. The van der Waals surface area contributed by atoms with Gasteiger partial charge < -0.3 is 9.84 Å². The van der Waals surface area contributed by atoms with Crippen molar-refractivity contribution in [2.24, 2.45) is 5.41 Å². The van der Waals surface area contributed by atoms with E-state index in [0.717, 1.165) is 0 Å². The van der Waals surface area contributed by atoms with Crippen molar-refractivity contribution in [2.75, 3.05) is 7.11 Å². The zero-order valence-corrected chi connectivity index (χ0v) is 8.59. The number of esters is 1. The maximum atomic E-state index is 11.5. The van der Waals surface area contributed by atoms with Gasteiger partial charge in [-0.2, -0.15) is 0 Å². The summed E-state index contributed by atoms with van der Waals surface area (Å²) in [5.74, 6) is -1.24. The normalized spacial score (nSPS) is 20.9. The van der Waals surface area contributed by atoms with E-state index in [0.29, 0.717) is 6.42 Å². The van der Waals surface area contributed by atoms with Gasteiger partial charge in [0, 0.05) is 12.8 Å². The lowest BCUT2D eigenvalue weighted by Crippen LogP contribution is -2.29. The topological polar surface area (TPSA) is 63.6 Å². The Morgan fingerprint density at radius 1 is 1.43 bits per heavy atom. The summed E-state index contributed by atoms with van der Waals surface area (Å²) < 4.78 is 4.42. The first-order chi connectivity index (χ1) is 6.37. The van der Waals surface area contributed by atoms with Gasteiger partial charge in [-0.15, -0.1) is 0 Å². The van der Waals surface area contributed by atoms with Crippen molar-refractivity contribution in [3.63, 3.8) is 0 Å². The highest BCUT2D eigenvalue weighted by atomic mass is 16.5. The number of Topliss-reactive ketones (excluding diaryl/α,β-unsaturated/α-hetero) is 1. The van der Waals surface area contributed by atoms with E-state index in [-0.39, 0.29) is 29.0 Å². The van der Waals surface area contributed by atoms with Crippen LogP contribution in [0.15, 0.2) is 11.3 Å². The summed E-state index contributed by atoms with van der Waals surface area (Å²) in [7, 11) is 1.19. The number of allylic oxidation sites excluding steroid dienone is 1. The molecule has 1 aliphatic rings. The van der Waals surface area contributed by atoms with Crippen LogP contribution in [0.3, 0.4) is 0 Å². The number of carbonyl (C=O) groups excluding carboxylic acids is 2. The minimum absolute atomic E-state index is 0.155. The highest BCUT2D eigenvalue weighted by Crippen LogP contribution is 2.35. The number of rotatable bonds is 1. The number of hydrogen-bond donors (Lipinski definition) is 1. The standard InChI is InChI=1S/C10H14O4/c1-10(2)4-6(11)8(7(12)5-10)9(13)14-3/h11H,4-5H2,1-3H3. The molecule has 4 nitrogen and oxygen atoms in total. The Morgan fingerprint density at radius 2 is 2.00 bits per heavy atom. The Labute approximate surface area is 82.6 Å². The molecule has 0 radical (unpaired) electrons. The van der Waals surface area contributed by atoms with Gasteiger partial charge >= 0.3 is 5.97 Å². The first-order valence-electron chi connectivity index (χ1n) is 4.41. The Bertz CT molecular complexity index is 312. The summed E-state index contributed by atoms with van der Waals surface area (Å²) in [6, 6.07) is 0. The second-order valence-corrected chi connectivity index (χ2v) is 4.25. The molecular weight excluding hydrogens is 184 g/mol. The van der Waals surface area contributed by atoms with Crippen LogP contribution in [-0.2, 0) is 14.3 Å². The quantitative estimate of drug-likeness (QED) is 0.510. The van der Waals surface area contributed by atoms with Crippen molar-refractivity contribution in [2.45, 2.75) is 26.7 Å². The van der Waals surface area contributed by atoms with E-state index in [9.17, 15) is 14.7 Å². The van der Waals surface area contributed by atoms with Crippen LogP contribution in [0.5, 0.6) is 0 Å². The maximum Gasteiger partial charge on any atom is 0.344 e. The van der Waals surface area contributed by atoms with Gasteiger partial charge in [0.15, 0.2) is 5.78 Å². The zero-order chi connectivity index (χ0) is 10.9. The molecule has 1 rings (SSSR count). The first kappa shape index (κ1) is 10.8. The Kier molecular flexibility index (Phi) is 2.64. The van der Waals surface area contributed by atoms with Gasteiger partial charge in [-0.1, -0.05) is 13.8 Å². The molecule has 0 saturated carbocycles. The summed E-state index contributed by atoms with van der Waals surface area (Å²) >= 11 is 0. The highest BCUT2D eigenvalue weighted by molar-refractivity contribution is 6.18. The lowest BCUT2D eigenvalue weighted by atomic mass is 9.76. The van der Waals surface area contributed by atoms with Crippen LogP contribution in [0.1, 0.15) is 26.7 Å². The van der Waals surface area contributed by atoms with Gasteiger partial charge in [0.1, 0.15) is 11.3 Å².